The van der Waals surface area contributed by atoms with Gasteiger partial charge in [0.1, 0.15) is 12.9 Å². The van der Waals surface area contributed by atoms with Crippen molar-refractivity contribution in [2.45, 2.75) is 26.1 Å². The summed E-state index contributed by atoms with van der Waals surface area (Å²) in [6, 6.07) is 7.86. The quantitative estimate of drug-likeness (QED) is 0.243. The van der Waals surface area contributed by atoms with Crippen LogP contribution in [0, 0.1) is 6.92 Å². The fourth-order valence-corrected chi connectivity index (χ4v) is 2.18. The first-order valence-corrected chi connectivity index (χ1v) is 8.48. The summed E-state index contributed by atoms with van der Waals surface area (Å²) in [6.45, 7) is 1.64. The Kier molecular flexibility index (Phi) is 10.3. The van der Waals surface area contributed by atoms with Gasteiger partial charge in [-0.1, -0.05) is 17.7 Å². The Balaban J connectivity index is 0.00000392. The van der Waals surface area contributed by atoms with Crippen LogP contribution in [0.2, 0.25) is 0 Å². The molecule has 0 bridgehead atoms. The number of benzene rings is 1. The van der Waals surface area contributed by atoms with E-state index < -0.39 is 12.8 Å². The van der Waals surface area contributed by atoms with Crippen LogP contribution in [0.25, 0.3) is 11.5 Å². The third-order valence-corrected chi connectivity index (χ3v) is 3.53. The lowest BCUT2D eigenvalue weighted by atomic mass is 10.1. The highest BCUT2D eigenvalue weighted by Gasteiger charge is 2.27. The SMILES string of the molecule is CN=C(NCCCOCC(F)(F)F)NCc1coc(-c2ccc(C)cc2)n1.I. The van der Waals surface area contributed by atoms with E-state index in [1.54, 1.807) is 13.3 Å². The van der Waals surface area contributed by atoms with Gasteiger partial charge in [0.15, 0.2) is 5.96 Å². The van der Waals surface area contributed by atoms with Crippen LogP contribution in [0.1, 0.15) is 17.7 Å². The van der Waals surface area contributed by atoms with E-state index in [-0.39, 0.29) is 30.6 Å². The third kappa shape index (κ3) is 8.91. The first kappa shape index (κ1) is 24.2. The van der Waals surface area contributed by atoms with Gasteiger partial charge in [0.05, 0.1) is 12.2 Å². The standard InChI is InChI=1S/C18H23F3N4O2.HI/c1-13-4-6-14(7-5-13)16-25-15(11-27-16)10-24-17(22-2)23-8-3-9-26-12-18(19,20)21;/h4-7,11H,3,8-10,12H2,1-2H3,(H2,22,23,24);1H. The van der Waals surface area contributed by atoms with E-state index in [4.69, 9.17) is 4.42 Å². The highest BCUT2D eigenvalue weighted by atomic mass is 127. The number of aryl methyl sites for hydroxylation is 1. The van der Waals surface area contributed by atoms with Crippen LogP contribution in [0.4, 0.5) is 13.2 Å². The van der Waals surface area contributed by atoms with Gasteiger partial charge < -0.3 is 19.8 Å². The number of nitrogens with zero attached hydrogens (tertiary/aromatic N) is 2. The van der Waals surface area contributed by atoms with Crippen LogP contribution >= 0.6 is 24.0 Å². The smallest absolute Gasteiger partial charge is 0.411 e. The van der Waals surface area contributed by atoms with Crippen LogP contribution in [0.3, 0.4) is 0 Å². The molecular weight excluding hydrogens is 488 g/mol. The molecule has 0 fully saturated rings. The van der Waals surface area contributed by atoms with Crippen LogP contribution in [-0.4, -0.2) is 43.9 Å². The summed E-state index contributed by atoms with van der Waals surface area (Å²) in [6.07, 6.45) is -2.29. The van der Waals surface area contributed by atoms with E-state index in [9.17, 15) is 13.2 Å². The molecule has 0 saturated carbocycles. The molecule has 0 aliphatic carbocycles. The van der Waals surface area contributed by atoms with Crippen LogP contribution in [0.15, 0.2) is 39.9 Å². The number of rotatable bonds is 8. The first-order valence-electron chi connectivity index (χ1n) is 8.48. The zero-order chi connectivity index (χ0) is 19.7. The minimum atomic E-state index is -4.29. The predicted octanol–water partition coefficient (Wildman–Crippen LogP) is 3.90. The van der Waals surface area contributed by atoms with Crippen molar-refractivity contribution in [2.24, 2.45) is 4.99 Å². The van der Waals surface area contributed by atoms with Gasteiger partial charge in [0, 0.05) is 25.8 Å². The molecule has 0 atom stereocenters. The predicted molar refractivity (Wildman–Crippen MR) is 112 cm³/mol. The fraction of sp³-hybridized carbons (Fsp3) is 0.444. The number of hydrogen-bond donors (Lipinski definition) is 2. The molecule has 156 valence electrons. The van der Waals surface area contributed by atoms with Crippen LogP contribution in [0.5, 0.6) is 0 Å². The summed E-state index contributed by atoms with van der Waals surface area (Å²) in [5.74, 6) is 1.06. The molecule has 0 aliphatic heterocycles. The minimum absolute atomic E-state index is 0. The zero-order valence-corrected chi connectivity index (χ0v) is 18.0. The van der Waals surface area contributed by atoms with E-state index in [0.29, 0.717) is 37.1 Å². The maximum atomic E-state index is 12.0. The number of ether oxygens (including phenoxy) is 1. The number of aromatic nitrogens is 1. The van der Waals surface area contributed by atoms with Crippen LogP contribution < -0.4 is 10.6 Å². The molecule has 2 N–H and O–H groups in total. The molecule has 0 aliphatic rings. The molecule has 0 saturated heterocycles. The molecule has 28 heavy (non-hydrogen) atoms. The van der Waals surface area contributed by atoms with Crippen LogP contribution in [-0.2, 0) is 11.3 Å². The zero-order valence-electron chi connectivity index (χ0n) is 15.7. The number of guanidine groups is 1. The Morgan fingerprint density at radius 3 is 2.57 bits per heavy atom. The topological polar surface area (TPSA) is 71.7 Å². The molecule has 0 radical (unpaired) electrons. The molecule has 2 rings (SSSR count). The summed E-state index contributed by atoms with van der Waals surface area (Å²) < 4.78 is 45.9. The summed E-state index contributed by atoms with van der Waals surface area (Å²) in [4.78, 5) is 8.47. The number of halogens is 4. The van der Waals surface area contributed by atoms with Crippen molar-refractivity contribution in [3.8, 4) is 11.5 Å². The van der Waals surface area contributed by atoms with Crippen molar-refractivity contribution >= 4 is 29.9 Å². The molecule has 6 nitrogen and oxygen atoms in total. The maximum absolute atomic E-state index is 12.0. The van der Waals surface area contributed by atoms with Gasteiger partial charge in [-0.25, -0.2) is 4.98 Å². The summed E-state index contributed by atoms with van der Waals surface area (Å²) >= 11 is 0. The second-order valence-electron chi connectivity index (χ2n) is 5.88. The second-order valence-corrected chi connectivity index (χ2v) is 5.88. The largest absolute Gasteiger partial charge is 0.444 e. The number of nitrogens with one attached hydrogen (secondary N) is 2. The normalized spacial score (nSPS) is 11.8. The monoisotopic (exact) mass is 512 g/mol. The molecule has 0 spiro atoms. The molecule has 1 aromatic carbocycles. The fourth-order valence-electron chi connectivity index (χ4n) is 2.18. The van der Waals surface area contributed by atoms with Gasteiger partial charge in [-0.3, -0.25) is 4.99 Å². The van der Waals surface area contributed by atoms with Gasteiger partial charge in [-0.2, -0.15) is 13.2 Å². The van der Waals surface area contributed by atoms with E-state index in [1.807, 2.05) is 31.2 Å². The van der Waals surface area contributed by atoms with Gasteiger partial charge in [0.2, 0.25) is 5.89 Å². The number of hydrogen-bond acceptors (Lipinski definition) is 4. The Hall–Kier alpha value is -1.82. The lowest BCUT2D eigenvalue weighted by molar-refractivity contribution is -0.173. The Bertz CT molecular complexity index is 733. The number of aliphatic imine (C=N–C) groups is 1. The number of oxazole rings is 1. The van der Waals surface area contributed by atoms with Gasteiger partial charge in [-0.15, -0.1) is 24.0 Å². The Morgan fingerprint density at radius 2 is 1.93 bits per heavy atom. The third-order valence-electron chi connectivity index (χ3n) is 3.53. The van der Waals surface area contributed by atoms with Gasteiger partial charge in [0.25, 0.3) is 0 Å². The molecule has 0 unspecified atom stereocenters. The van der Waals surface area contributed by atoms with E-state index >= 15 is 0 Å². The molecule has 1 heterocycles. The summed E-state index contributed by atoms with van der Waals surface area (Å²) in [7, 11) is 1.61. The highest BCUT2D eigenvalue weighted by Crippen LogP contribution is 2.19. The van der Waals surface area contributed by atoms with Crippen molar-refractivity contribution in [3.63, 3.8) is 0 Å². The van der Waals surface area contributed by atoms with Gasteiger partial charge in [-0.05, 0) is 25.5 Å². The van der Waals surface area contributed by atoms with Crippen molar-refractivity contribution in [1.29, 1.82) is 0 Å². The molecule has 1 aromatic heterocycles. The molecular formula is C18H24F3IN4O2. The van der Waals surface area contributed by atoms with E-state index in [0.717, 1.165) is 11.1 Å². The molecule has 0 amide bonds. The summed E-state index contributed by atoms with van der Waals surface area (Å²) in [5, 5.41) is 6.07. The summed E-state index contributed by atoms with van der Waals surface area (Å²) in [5.41, 5.74) is 2.76. The lowest BCUT2D eigenvalue weighted by Crippen LogP contribution is -2.37. The molecule has 2 aromatic rings. The maximum Gasteiger partial charge on any atom is 0.411 e. The first-order chi connectivity index (χ1) is 12.9. The van der Waals surface area contributed by atoms with Crippen molar-refractivity contribution in [1.82, 2.24) is 15.6 Å². The van der Waals surface area contributed by atoms with Crippen molar-refractivity contribution < 1.29 is 22.3 Å². The molecule has 10 heteroatoms. The van der Waals surface area contributed by atoms with Crippen molar-refractivity contribution in [3.05, 3.63) is 41.8 Å². The van der Waals surface area contributed by atoms with E-state index in [2.05, 4.69) is 25.3 Å². The number of alkyl halides is 3. The average molecular weight is 512 g/mol. The second kappa shape index (κ2) is 11.9. The Morgan fingerprint density at radius 1 is 1.21 bits per heavy atom. The van der Waals surface area contributed by atoms with E-state index in [1.165, 1.54) is 0 Å². The lowest BCUT2D eigenvalue weighted by Gasteiger charge is -2.11. The van der Waals surface area contributed by atoms with Gasteiger partial charge >= 0.3 is 6.18 Å². The Labute approximate surface area is 179 Å². The minimum Gasteiger partial charge on any atom is -0.444 e. The highest BCUT2D eigenvalue weighted by molar-refractivity contribution is 14.0. The van der Waals surface area contributed by atoms with Crippen molar-refractivity contribution in [2.75, 3.05) is 26.8 Å². The average Bonchev–Trinajstić information content (AvgIpc) is 3.09.